The van der Waals surface area contributed by atoms with Crippen LogP contribution in [0, 0.1) is 0 Å². The fourth-order valence-corrected chi connectivity index (χ4v) is 3.07. The molecule has 0 unspecified atom stereocenters. The molecule has 5 nitrogen and oxygen atoms in total. The number of imidazole rings is 1. The summed E-state index contributed by atoms with van der Waals surface area (Å²) in [5.74, 6) is -0.0408. The van der Waals surface area contributed by atoms with Crippen molar-refractivity contribution in [2.75, 3.05) is 19.3 Å². The fourth-order valence-electron chi connectivity index (χ4n) is 2.53. The molecular formula is C14H17N3O2S. The fraction of sp³-hybridized carbons (Fsp3) is 0.429. The molecule has 2 aromatic rings. The summed E-state index contributed by atoms with van der Waals surface area (Å²) in [4.78, 5) is 18.9. The van der Waals surface area contributed by atoms with E-state index in [0.29, 0.717) is 31.6 Å². The number of nitrogens with zero attached hydrogens (tertiary/aromatic N) is 3. The lowest BCUT2D eigenvalue weighted by atomic mass is 10.1. The van der Waals surface area contributed by atoms with E-state index < -0.39 is 0 Å². The predicted molar refractivity (Wildman–Crippen MR) is 78.1 cm³/mol. The van der Waals surface area contributed by atoms with E-state index in [4.69, 9.17) is 0 Å². The van der Waals surface area contributed by atoms with Gasteiger partial charge in [-0.1, -0.05) is 17.8 Å². The first-order valence-corrected chi connectivity index (χ1v) is 7.91. The van der Waals surface area contributed by atoms with Crippen LogP contribution in [-0.4, -0.2) is 50.7 Å². The molecule has 3 heterocycles. The molecule has 1 fully saturated rings. The second-order valence-corrected chi connectivity index (χ2v) is 5.70. The quantitative estimate of drug-likeness (QED) is 0.855. The third kappa shape index (κ3) is 2.29. The number of amides is 1. The monoisotopic (exact) mass is 291 g/mol. The van der Waals surface area contributed by atoms with Gasteiger partial charge in [0.1, 0.15) is 0 Å². The largest absolute Gasteiger partial charge is 0.393 e. The summed E-state index contributed by atoms with van der Waals surface area (Å²) in [5, 5.41) is 10.4. The Morgan fingerprint density at radius 3 is 2.85 bits per heavy atom. The molecule has 1 N–H and O–H groups in total. The van der Waals surface area contributed by atoms with Crippen LogP contribution in [0.3, 0.4) is 0 Å². The van der Waals surface area contributed by atoms with Gasteiger partial charge >= 0.3 is 0 Å². The molecule has 106 valence electrons. The van der Waals surface area contributed by atoms with Crippen molar-refractivity contribution in [2.24, 2.45) is 0 Å². The molecule has 0 spiro atoms. The Morgan fingerprint density at radius 2 is 2.15 bits per heavy atom. The maximum atomic E-state index is 12.6. The maximum Gasteiger partial charge on any atom is 0.274 e. The van der Waals surface area contributed by atoms with Gasteiger partial charge in [-0.15, -0.1) is 0 Å². The minimum Gasteiger partial charge on any atom is -0.393 e. The van der Waals surface area contributed by atoms with Crippen molar-refractivity contribution in [1.29, 1.82) is 0 Å². The molecule has 1 aliphatic heterocycles. The lowest BCUT2D eigenvalue weighted by Gasteiger charge is -2.29. The SMILES string of the molecule is CSc1nc(C(=O)N2CCC(O)CC2)c2ccccn12. The van der Waals surface area contributed by atoms with Crippen LogP contribution in [0.4, 0.5) is 0 Å². The zero-order valence-electron chi connectivity index (χ0n) is 11.3. The average Bonchev–Trinajstić information content (AvgIpc) is 2.86. The molecule has 0 radical (unpaired) electrons. The van der Waals surface area contributed by atoms with Crippen molar-refractivity contribution in [1.82, 2.24) is 14.3 Å². The molecule has 3 rings (SSSR count). The number of thioether (sulfide) groups is 1. The topological polar surface area (TPSA) is 57.8 Å². The Balaban J connectivity index is 1.95. The number of aromatic nitrogens is 2. The number of carbonyl (C=O) groups is 1. The van der Waals surface area contributed by atoms with E-state index in [1.807, 2.05) is 35.1 Å². The first kappa shape index (κ1) is 13.5. The molecule has 0 saturated carbocycles. The smallest absolute Gasteiger partial charge is 0.274 e. The summed E-state index contributed by atoms with van der Waals surface area (Å²) in [7, 11) is 0. The molecule has 1 aliphatic rings. The van der Waals surface area contributed by atoms with Crippen LogP contribution in [0.1, 0.15) is 23.3 Å². The van der Waals surface area contributed by atoms with Crippen LogP contribution < -0.4 is 0 Å². The molecule has 2 aromatic heterocycles. The van der Waals surface area contributed by atoms with Gasteiger partial charge in [-0.25, -0.2) is 4.98 Å². The number of likely N-dealkylation sites (tertiary alicyclic amines) is 1. The second-order valence-electron chi connectivity index (χ2n) is 4.93. The van der Waals surface area contributed by atoms with Gasteiger partial charge in [-0.05, 0) is 31.2 Å². The molecule has 0 atom stereocenters. The number of rotatable bonds is 2. The van der Waals surface area contributed by atoms with Gasteiger partial charge in [-0.2, -0.15) is 0 Å². The van der Waals surface area contributed by atoms with Gasteiger partial charge in [0.05, 0.1) is 11.6 Å². The summed E-state index contributed by atoms with van der Waals surface area (Å²) >= 11 is 1.52. The Morgan fingerprint density at radius 1 is 1.40 bits per heavy atom. The van der Waals surface area contributed by atoms with Gasteiger partial charge in [-0.3, -0.25) is 9.20 Å². The number of carbonyl (C=O) groups excluding carboxylic acids is 1. The summed E-state index contributed by atoms with van der Waals surface area (Å²) in [6, 6.07) is 5.76. The molecule has 0 bridgehead atoms. The molecule has 6 heteroatoms. The molecular weight excluding hydrogens is 274 g/mol. The number of aliphatic hydroxyl groups excluding tert-OH is 1. The first-order chi connectivity index (χ1) is 9.70. The summed E-state index contributed by atoms with van der Waals surface area (Å²) in [6.45, 7) is 1.20. The van der Waals surface area contributed by atoms with E-state index in [0.717, 1.165) is 10.7 Å². The minimum atomic E-state index is -0.278. The number of piperidine rings is 1. The van der Waals surface area contributed by atoms with Gasteiger partial charge in [0.2, 0.25) is 0 Å². The third-order valence-corrected chi connectivity index (χ3v) is 4.31. The Bertz CT molecular complexity index is 632. The molecule has 1 saturated heterocycles. The average molecular weight is 291 g/mol. The molecule has 20 heavy (non-hydrogen) atoms. The van der Waals surface area contributed by atoms with E-state index in [2.05, 4.69) is 4.98 Å². The molecule has 1 amide bonds. The van der Waals surface area contributed by atoms with Gasteiger partial charge < -0.3 is 10.0 Å². The van der Waals surface area contributed by atoms with E-state index >= 15 is 0 Å². The van der Waals surface area contributed by atoms with Crippen molar-refractivity contribution < 1.29 is 9.90 Å². The Kier molecular flexibility index (Phi) is 3.67. The second kappa shape index (κ2) is 5.46. The first-order valence-electron chi connectivity index (χ1n) is 6.69. The highest BCUT2D eigenvalue weighted by Crippen LogP contribution is 2.22. The number of fused-ring (bicyclic) bond motifs is 1. The van der Waals surface area contributed by atoms with Crippen molar-refractivity contribution in [3.63, 3.8) is 0 Å². The van der Waals surface area contributed by atoms with Crippen LogP contribution >= 0.6 is 11.8 Å². The lowest BCUT2D eigenvalue weighted by Crippen LogP contribution is -2.40. The van der Waals surface area contributed by atoms with Crippen LogP contribution in [-0.2, 0) is 0 Å². The normalized spacial score (nSPS) is 16.8. The van der Waals surface area contributed by atoms with Crippen molar-refractivity contribution in [2.45, 2.75) is 24.1 Å². The van der Waals surface area contributed by atoms with Crippen LogP contribution in [0.5, 0.6) is 0 Å². The number of aliphatic hydroxyl groups is 1. The summed E-state index contributed by atoms with van der Waals surface area (Å²) < 4.78 is 1.94. The summed E-state index contributed by atoms with van der Waals surface area (Å²) in [5.41, 5.74) is 1.35. The van der Waals surface area contributed by atoms with Crippen molar-refractivity contribution in [3.8, 4) is 0 Å². The van der Waals surface area contributed by atoms with Crippen molar-refractivity contribution >= 4 is 23.2 Å². The minimum absolute atomic E-state index is 0.0408. The standard InChI is InChI=1S/C14H17N3O2S/c1-20-14-15-12(11-4-2-3-7-17(11)14)13(19)16-8-5-10(18)6-9-16/h2-4,7,10,18H,5-6,8-9H2,1H3. The highest BCUT2D eigenvalue weighted by Gasteiger charge is 2.26. The maximum absolute atomic E-state index is 12.6. The zero-order valence-corrected chi connectivity index (χ0v) is 12.1. The highest BCUT2D eigenvalue weighted by atomic mass is 32.2. The van der Waals surface area contributed by atoms with Crippen LogP contribution in [0.15, 0.2) is 29.6 Å². The van der Waals surface area contributed by atoms with E-state index in [1.165, 1.54) is 11.8 Å². The van der Waals surface area contributed by atoms with E-state index in [9.17, 15) is 9.90 Å². The third-order valence-electron chi connectivity index (χ3n) is 3.65. The molecule has 0 aromatic carbocycles. The van der Waals surface area contributed by atoms with Gasteiger partial charge in [0.15, 0.2) is 10.9 Å². The lowest BCUT2D eigenvalue weighted by molar-refractivity contribution is 0.0543. The Hall–Kier alpha value is -1.53. The molecule has 0 aliphatic carbocycles. The number of hydrogen-bond donors (Lipinski definition) is 1. The summed E-state index contributed by atoms with van der Waals surface area (Å²) in [6.07, 6.45) is 4.89. The van der Waals surface area contributed by atoms with Crippen LogP contribution in [0.2, 0.25) is 0 Å². The van der Waals surface area contributed by atoms with Gasteiger partial charge in [0, 0.05) is 19.3 Å². The van der Waals surface area contributed by atoms with Gasteiger partial charge in [0.25, 0.3) is 5.91 Å². The van der Waals surface area contributed by atoms with Crippen LogP contribution in [0.25, 0.3) is 5.52 Å². The van der Waals surface area contributed by atoms with E-state index in [-0.39, 0.29) is 12.0 Å². The van der Waals surface area contributed by atoms with E-state index in [1.54, 1.807) is 4.90 Å². The number of hydrogen-bond acceptors (Lipinski definition) is 4. The predicted octanol–water partition coefficient (Wildman–Crippen LogP) is 1.65. The number of pyridine rings is 1. The Labute approximate surface area is 121 Å². The zero-order chi connectivity index (χ0) is 14.1. The van der Waals surface area contributed by atoms with Crippen molar-refractivity contribution in [3.05, 3.63) is 30.1 Å². The highest BCUT2D eigenvalue weighted by molar-refractivity contribution is 7.98.